The van der Waals surface area contributed by atoms with E-state index in [1.54, 1.807) is 12.3 Å². The zero-order valence-corrected chi connectivity index (χ0v) is 19.4. The molecule has 172 valence electrons. The van der Waals surface area contributed by atoms with Gasteiger partial charge in [0.15, 0.2) is 0 Å². The Hall–Kier alpha value is -3.92. The predicted octanol–water partition coefficient (Wildman–Crippen LogP) is 3.29. The molecule has 0 spiro atoms. The number of nitrogens with one attached hydrogen (secondary N) is 1. The van der Waals surface area contributed by atoms with E-state index in [-0.39, 0.29) is 5.24 Å². The third-order valence-corrected chi connectivity index (χ3v) is 6.51. The van der Waals surface area contributed by atoms with Crippen LogP contribution in [0.4, 0.5) is 27.9 Å². The SMILES string of the molecule is CN(c1ccccc1)c1cc(/C=C2/SC(=O)NC2=O)nc(N2CCN(c3cccnc3)CC2)n1. The summed E-state index contributed by atoms with van der Waals surface area (Å²) in [6, 6.07) is 15.7. The van der Waals surface area contributed by atoms with Crippen molar-refractivity contribution >= 4 is 52.1 Å². The van der Waals surface area contributed by atoms with Crippen LogP contribution in [0.2, 0.25) is 0 Å². The Morgan fingerprint density at radius 1 is 1.00 bits per heavy atom. The van der Waals surface area contributed by atoms with Crippen LogP contribution in [0.3, 0.4) is 0 Å². The number of thioether (sulfide) groups is 1. The second-order valence-corrected chi connectivity index (χ2v) is 8.90. The summed E-state index contributed by atoms with van der Waals surface area (Å²) in [7, 11) is 1.94. The van der Waals surface area contributed by atoms with Crippen molar-refractivity contribution in [3.8, 4) is 0 Å². The number of aromatic nitrogens is 3. The normalized spacial score (nSPS) is 17.3. The molecule has 0 unspecified atom stereocenters. The number of imide groups is 1. The summed E-state index contributed by atoms with van der Waals surface area (Å²) < 4.78 is 0. The Kier molecular flexibility index (Phi) is 6.13. The number of benzene rings is 1. The maximum atomic E-state index is 12.1. The first-order chi connectivity index (χ1) is 16.6. The third-order valence-electron chi connectivity index (χ3n) is 5.70. The molecule has 2 aliphatic rings. The van der Waals surface area contributed by atoms with Gasteiger partial charge >= 0.3 is 0 Å². The minimum absolute atomic E-state index is 0.323. The number of hydrogen-bond acceptors (Lipinski definition) is 9. The second-order valence-electron chi connectivity index (χ2n) is 7.88. The zero-order valence-electron chi connectivity index (χ0n) is 18.6. The van der Waals surface area contributed by atoms with Crippen LogP contribution in [0, 0.1) is 0 Å². The van der Waals surface area contributed by atoms with Crippen LogP contribution in [0.25, 0.3) is 6.08 Å². The molecule has 5 rings (SSSR count). The molecule has 0 atom stereocenters. The number of para-hydroxylation sites is 1. The van der Waals surface area contributed by atoms with Gasteiger partial charge in [-0.15, -0.1) is 0 Å². The minimum Gasteiger partial charge on any atom is -0.367 e. The third kappa shape index (κ3) is 4.72. The maximum Gasteiger partial charge on any atom is 0.290 e. The van der Waals surface area contributed by atoms with E-state index in [9.17, 15) is 9.59 Å². The lowest BCUT2D eigenvalue weighted by atomic mass is 10.2. The topological polar surface area (TPSA) is 94.6 Å². The number of amides is 2. The average molecular weight is 474 g/mol. The highest BCUT2D eigenvalue weighted by atomic mass is 32.2. The Morgan fingerprint density at radius 2 is 1.76 bits per heavy atom. The number of hydrogen-bond donors (Lipinski definition) is 1. The molecule has 2 fully saturated rings. The van der Waals surface area contributed by atoms with Gasteiger partial charge in [0.1, 0.15) is 5.82 Å². The van der Waals surface area contributed by atoms with Crippen molar-refractivity contribution < 1.29 is 9.59 Å². The van der Waals surface area contributed by atoms with Crippen LogP contribution >= 0.6 is 11.8 Å². The summed E-state index contributed by atoms with van der Waals surface area (Å²) in [6.45, 7) is 3.13. The summed E-state index contributed by atoms with van der Waals surface area (Å²) >= 11 is 0.880. The van der Waals surface area contributed by atoms with Gasteiger partial charge in [-0.3, -0.25) is 19.9 Å². The number of carbonyl (C=O) groups excluding carboxylic acids is 2. The molecule has 4 heterocycles. The molecule has 2 amide bonds. The lowest BCUT2D eigenvalue weighted by molar-refractivity contribution is -0.115. The summed E-state index contributed by atoms with van der Waals surface area (Å²) in [4.78, 5) is 44.2. The second kappa shape index (κ2) is 9.52. The minimum atomic E-state index is -0.404. The quantitative estimate of drug-likeness (QED) is 0.560. The first kappa shape index (κ1) is 21.9. The van der Waals surface area contributed by atoms with Crippen LogP contribution in [-0.4, -0.2) is 59.3 Å². The van der Waals surface area contributed by atoms with Gasteiger partial charge in [-0.05, 0) is 42.1 Å². The van der Waals surface area contributed by atoms with Crippen molar-refractivity contribution in [3.63, 3.8) is 0 Å². The fourth-order valence-electron chi connectivity index (χ4n) is 3.87. The Labute approximate surface area is 201 Å². The highest BCUT2D eigenvalue weighted by Gasteiger charge is 2.26. The molecule has 1 N–H and O–H groups in total. The highest BCUT2D eigenvalue weighted by Crippen LogP contribution is 2.29. The van der Waals surface area contributed by atoms with Crippen molar-refractivity contribution in [2.45, 2.75) is 0 Å². The van der Waals surface area contributed by atoms with E-state index in [2.05, 4.69) is 26.2 Å². The molecule has 0 aliphatic carbocycles. The Bertz CT molecular complexity index is 1230. The van der Waals surface area contributed by atoms with Gasteiger partial charge < -0.3 is 14.7 Å². The molecule has 10 heteroatoms. The molecule has 0 saturated carbocycles. The molecule has 0 bridgehead atoms. The standard InChI is InChI=1S/C24H23N7O2S/c1-29(18-6-3-2-4-7-18)21-15-17(14-20-22(32)28-24(33)34-20)26-23(27-21)31-12-10-30(11-13-31)19-8-5-9-25-16-19/h2-9,14-16H,10-13H2,1H3,(H,28,32,33)/b20-14+. The van der Waals surface area contributed by atoms with Gasteiger partial charge in [0.2, 0.25) is 5.95 Å². The summed E-state index contributed by atoms with van der Waals surface area (Å²) in [5.41, 5.74) is 2.65. The average Bonchev–Trinajstić information content (AvgIpc) is 3.20. The molecule has 3 aromatic rings. The Balaban J connectivity index is 1.45. The van der Waals surface area contributed by atoms with E-state index in [0.717, 1.165) is 49.3 Å². The number of rotatable bonds is 5. The largest absolute Gasteiger partial charge is 0.367 e. The molecule has 2 saturated heterocycles. The number of carbonyl (C=O) groups is 2. The number of pyridine rings is 1. The highest BCUT2D eigenvalue weighted by molar-refractivity contribution is 8.18. The smallest absolute Gasteiger partial charge is 0.290 e. The van der Waals surface area contributed by atoms with E-state index in [1.807, 2.05) is 60.6 Å². The lowest BCUT2D eigenvalue weighted by Crippen LogP contribution is -2.47. The van der Waals surface area contributed by atoms with Crippen molar-refractivity contribution in [2.75, 3.05) is 47.9 Å². The van der Waals surface area contributed by atoms with Gasteiger partial charge in [-0.2, -0.15) is 4.98 Å². The molecule has 34 heavy (non-hydrogen) atoms. The van der Waals surface area contributed by atoms with Gasteiger partial charge in [-0.25, -0.2) is 4.98 Å². The molecule has 1 aromatic carbocycles. The van der Waals surface area contributed by atoms with Crippen LogP contribution in [-0.2, 0) is 4.79 Å². The van der Waals surface area contributed by atoms with Crippen molar-refractivity contribution in [3.05, 3.63) is 71.5 Å². The number of piperazine rings is 1. The van der Waals surface area contributed by atoms with Gasteiger partial charge in [0.05, 0.1) is 22.5 Å². The van der Waals surface area contributed by atoms with E-state index in [4.69, 9.17) is 9.97 Å². The molecule has 2 aromatic heterocycles. The summed E-state index contributed by atoms with van der Waals surface area (Å²) in [5.74, 6) is 0.887. The van der Waals surface area contributed by atoms with E-state index in [1.165, 1.54) is 0 Å². The van der Waals surface area contributed by atoms with Crippen molar-refractivity contribution in [1.29, 1.82) is 0 Å². The maximum absolute atomic E-state index is 12.1. The molecular formula is C24H23N7O2S. The van der Waals surface area contributed by atoms with Crippen molar-refractivity contribution in [1.82, 2.24) is 20.3 Å². The summed E-state index contributed by atoms with van der Waals surface area (Å²) in [6.07, 6.45) is 5.29. The van der Waals surface area contributed by atoms with Gasteiger partial charge in [-0.1, -0.05) is 18.2 Å². The van der Waals surface area contributed by atoms with Gasteiger partial charge in [0, 0.05) is 51.2 Å². The Morgan fingerprint density at radius 3 is 2.44 bits per heavy atom. The van der Waals surface area contributed by atoms with Crippen LogP contribution in [0.1, 0.15) is 5.69 Å². The van der Waals surface area contributed by atoms with Gasteiger partial charge in [0.25, 0.3) is 11.1 Å². The first-order valence-corrected chi connectivity index (χ1v) is 11.7. The van der Waals surface area contributed by atoms with Crippen LogP contribution < -0.4 is 20.0 Å². The number of nitrogens with zero attached hydrogens (tertiary/aromatic N) is 6. The van der Waals surface area contributed by atoms with Crippen LogP contribution in [0.5, 0.6) is 0 Å². The van der Waals surface area contributed by atoms with Crippen molar-refractivity contribution in [2.24, 2.45) is 0 Å². The predicted molar refractivity (Wildman–Crippen MR) is 134 cm³/mol. The molecule has 2 aliphatic heterocycles. The van der Waals surface area contributed by atoms with E-state index in [0.29, 0.717) is 22.4 Å². The zero-order chi connectivity index (χ0) is 23.5. The summed E-state index contributed by atoms with van der Waals surface area (Å²) in [5, 5.41) is 1.91. The lowest BCUT2D eigenvalue weighted by Gasteiger charge is -2.36. The number of anilines is 4. The molecule has 0 radical (unpaired) electrons. The van der Waals surface area contributed by atoms with Crippen LogP contribution in [0.15, 0.2) is 65.8 Å². The first-order valence-electron chi connectivity index (χ1n) is 10.9. The van der Waals surface area contributed by atoms with E-state index >= 15 is 0 Å². The van der Waals surface area contributed by atoms with E-state index < -0.39 is 5.91 Å². The fourth-order valence-corrected chi connectivity index (χ4v) is 4.54. The molecule has 9 nitrogen and oxygen atoms in total. The molecular weight excluding hydrogens is 450 g/mol. The monoisotopic (exact) mass is 473 g/mol. The fraction of sp³-hybridized carbons (Fsp3) is 0.208.